The summed E-state index contributed by atoms with van der Waals surface area (Å²) in [5, 5.41) is 2.86. The molecule has 0 aliphatic rings. The fraction of sp³-hybridized carbons (Fsp3) is 0. The quantitative estimate of drug-likeness (QED) is 0.327. The van der Waals surface area contributed by atoms with Gasteiger partial charge in [-0.3, -0.25) is 4.79 Å². The predicted octanol–water partition coefficient (Wildman–Crippen LogP) is 1.39. The zero-order valence-electron chi connectivity index (χ0n) is 6.54. The third kappa shape index (κ3) is 2.11. The lowest BCUT2D eigenvalue weighted by Crippen LogP contribution is -2.11. The molecule has 1 aromatic carbocycles. The molecule has 0 unspecified atom stereocenters. The SMILES string of the molecule is [N-]=[N+]=NOc1ccccc1C(N)=O. The van der Waals surface area contributed by atoms with Gasteiger partial charge in [0.2, 0.25) is 0 Å². The minimum atomic E-state index is -0.635. The van der Waals surface area contributed by atoms with Gasteiger partial charge in [-0.2, -0.15) is 0 Å². The molecule has 0 aliphatic carbocycles. The Labute approximate surface area is 73.5 Å². The summed E-state index contributed by atoms with van der Waals surface area (Å²) < 4.78 is 0. The lowest BCUT2D eigenvalue weighted by molar-refractivity contribution is 0.0996. The number of azide groups is 1. The lowest BCUT2D eigenvalue weighted by Gasteiger charge is -2.01. The van der Waals surface area contributed by atoms with Crippen molar-refractivity contribution in [3.8, 4) is 5.75 Å². The van der Waals surface area contributed by atoms with Crippen LogP contribution in [0.5, 0.6) is 5.75 Å². The van der Waals surface area contributed by atoms with Crippen molar-refractivity contribution in [3.05, 3.63) is 40.3 Å². The number of rotatable bonds is 3. The normalized spacial score (nSPS) is 8.62. The van der Waals surface area contributed by atoms with Gasteiger partial charge >= 0.3 is 0 Å². The first-order valence-corrected chi connectivity index (χ1v) is 3.36. The van der Waals surface area contributed by atoms with Crippen molar-refractivity contribution in [1.29, 1.82) is 0 Å². The van der Waals surface area contributed by atoms with Crippen LogP contribution in [-0.4, -0.2) is 5.91 Å². The standard InChI is InChI=1S/C7H6N4O2/c8-7(12)5-3-1-2-4-6(5)13-11-10-9/h1-4H,(H2,8,12). The first-order chi connectivity index (χ1) is 6.25. The zero-order valence-corrected chi connectivity index (χ0v) is 6.54. The second-order valence-corrected chi connectivity index (χ2v) is 2.12. The molecule has 0 bridgehead atoms. The molecule has 2 N–H and O–H groups in total. The van der Waals surface area contributed by atoms with Crippen LogP contribution in [0.1, 0.15) is 10.4 Å². The second-order valence-electron chi connectivity index (χ2n) is 2.12. The monoisotopic (exact) mass is 178 g/mol. The number of carbonyl (C=O) groups is 1. The van der Waals surface area contributed by atoms with Gasteiger partial charge in [0.1, 0.15) is 11.0 Å². The van der Waals surface area contributed by atoms with Gasteiger partial charge in [0, 0.05) is 4.91 Å². The van der Waals surface area contributed by atoms with Gasteiger partial charge in [-0.05, 0) is 17.7 Å². The Kier molecular flexibility index (Phi) is 2.73. The Balaban J connectivity index is 3.04. The number of nitrogens with two attached hydrogens (primary N) is 1. The predicted molar refractivity (Wildman–Crippen MR) is 44.7 cm³/mol. The average molecular weight is 178 g/mol. The van der Waals surface area contributed by atoms with Crippen LogP contribution < -0.4 is 10.6 Å². The summed E-state index contributed by atoms with van der Waals surface area (Å²) >= 11 is 0. The van der Waals surface area contributed by atoms with Crippen molar-refractivity contribution < 1.29 is 9.63 Å². The highest BCUT2D eigenvalue weighted by Gasteiger charge is 2.06. The molecule has 6 nitrogen and oxygen atoms in total. The molecule has 0 aliphatic heterocycles. The number of nitrogens with zero attached hydrogens (tertiary/aromatic N) is 3. The van der Waals surface area contributed by atoms with E-state index in [9.17, 15) is 4.79 Å². The Hall–Kier alpha value is -2.20. The van der Waals surface area contributed by atoms with E-state index in [1.807, 2.05) is 0 Å². The number of benzene rings is 1. The van der Waals surface area contributed by atoms with Crippen molar-refractivity contribution in [2.75, 3.05) is 0 Å². The van der Waals surface area contributed by atoms with Crippen molar-refractivity contribution >= 4 is 5.91 Å². The van der Waals surface area contributed by atoms with Crippen molar-refractivity contribution in [2.45, 2.75) is 0 Å². The van der Waals surface area contributed by atoms with Gasteiger partial charge in [0.15, 0.2) is 0 Å². The van der Waals surface area contributed by atoms with E-state index in [-0.39, 0.29) is 11.3 Å². The van der Waals surface area contributed by atoms with E-state index in [1.54, 1.807) is 12.1 Å². The van der Waals surface area contributed by atoms with Crippen molar-refractivity contribution in [3.63, 3.8) is 0 Å². The highest BCUT2D eigenvalue weighted by atomic mass is 16.6. The topological polar surface area (TPSA) is 101 Å². The molecule has 0 aromatic heterocycles. The van der Waals surface area contributed by atoms with Crippen LogP contribution in [0.4, 0.5) is 0 Å². The number of primary amides is 1. The van der Waals surface area contributed by atoms with Gasteiger partial charge < -0.3 is 10.6 Å². The summed E-state index contributed by atoms with van der Waals surface area (Å²) in [7, 11) is 0. The largest absolute Gasteiger partial charge is 0.393 e. The lowest BCUT2D eigenvalue weighted by atomic mass is 10.2. The van der Waals surface area contributed by atoms with Gasteiger partial charge in [0.25, 0.3) is 5.91 Å². The zero-order chi connectivity index (χ0) is 9.68. The van der Waals surface area contributed by atoms with E-state index >= 15 is 0 Å². The third-order valence-electron chi connectivity index (χ3n) is 1.33. The van der Waals surface area contributed by atoms with Crippen LogP contribution in [0.25, 0.3) is 10.4 Å². The summed E-state index contributed by atoms with van der Waals surface area (Å²) in [5.41, 5.74) is 13.2. The van der Waals surface area contributed by atoms with Gasteiger partial charge in [0.05, 0.1) is 5.56 Å². The highest BCUT2D eigenvalue weighted by molar-refractivity contribution is 5.95. The molecule has 0 fully saturated rings. The van der Waals surface area contributed by atoms with Crippen LogP contribution >= 0.6 is 0 Å². The van der Waals surface area contributed by atoms with E-state index in [2.05, 4.69) is 15.0 Å². The number of hydrogen-bond donors (Lipinski definition) is 1. The molecular formula is C7H6N4O2. The fourth-order valence-corrected chi connectivity index (χ4v) is 0.812. The maximum Gasteiger partial charge on any atom is 0.252 e. The first-order valence-electron chi connectivity index (χ1n) is 3.36. The molecule has 0 atom stereocenters. The average Bonchev–Trinajstić information content (AvgIpc) is 2.15. The molecule has 0 saturated carbocycles. The summed E-state index contributed by atoms with van der Waals surface area (Å²) in [4.78, 5) is 17.7. The van der Waals surface area contributed by atoms with Gasteiger partial charge in [-0.25, -0.2) is 0 Å². The first kappa shape index (κ1) is 8.89. The Morgan fingerprint density at radius 1 is 1.54 bits per heavy atom. The molecule has 0 saturated heterocycles. The Bertz CT molecular complexity index is 371. The van der Waals surface area contributed by atoms with Gasteiger partial charge in [-0.1, -0.05) is 12.1 Å². The van der Waals surface area contributed by atoms with Crippen LogP contribution in [0.3, 0.4) is 0 Å². The third-order valence-corrected chi connectivity index (χ3v) is 1.33. The van der Waals surface area contributed by atoms with Crippen molar-refractivity contribution in [1.82, 2.24) is 0 Å². The Morgan fingerprint density at radius 3 is 2.85 bits per heavy atom. The van der Waals surface area contributed by atoms with Gasteiger partial charge in [-0.15, -0.1) is 0 Å². The molecule has 6 heteroatoms. The fourth-order valence-electron chi connectivity index (χ4n) is 0.812. The summed E-state index contributed by atoms with van der Waals surface area (Å²) in [6, 6.07) is 6.22. The molecule has 13 heavy (non-hydrogen) atoms. The van der Waals surface area contributed by atoms with E-state index in [0.29, 0.717) is 0 Å². The minimum absolute atomic E-state index is 0.146. The van der Waals surface area contributed by atoms with Crippen LogP contribution in [-0.2, 0) is 0 Å². The summed E-state index contributed by atoms with van der Waals surface area (Å²) in [6.07, 6.45) is 0. The molecule has 66 valence electrons. The molecule has 1 aromatic rings. The molecule has 1 rings (SSSR count). The summed E-state index contributed by atoms with van der Waals surface area (Å²) in [6.45, 7) is 0. The van der Waals surface area contributed by atoms with Crippen molar-refractivity contribution in [2.24, 2.45) is 11.0 Å². The van der Waals surface area contributed by atoms with E-state index < -0.39 is 5.91 Å². The molecule has 0 heterocycles. The number of para-hydroxylation sites is 1. The maximum atomic E-state index is 10.8. The van der Waals surface area contributed by atoms with E-state index in [0.717, 1.165) is 0 Å². The highest BCUT2D eigenvalue weighted by Crippen LogP contribution is 2.17. The maximum absolute atomic E-state index is 10.8. The Morgan fingerprint density at radius 2 is 2.23 bits per heavy atom. The molecular weight excluding hydrogens is 172 g/mol. The smallest absolute Gasteiger partial charge is 0.252 e. The molecule has 0 radical (unpaired) electrons. The number of amides is 1. The minimum Gasteiger partial charge on any atom is -0.393 e. The number of hydrogen-bond acceptors (Lipinski definition) is 3. The van der Waals surface area contributed by atoms with E-state index in [1.165, 1.54) is 12.1 Å². The summed E-state index contributed by atoms with van der Waals surface area (Å²) in [5.74, 6) is -0.489. The molecule has 1 amide bonds. The van der Waals surface area contributed by atoms with Crippen LogP contribution in [0, 0.1) is 0 Å². The molecule has 0 spiro atoms. The number of carbonyl (C=O) groups excluding carboxylic acids is 1. The van der Waals surface area contributed by atoms with Crippen LogP contribution in [0.15, 0.2) is 29.5 Å². The van der Waals surface area contributed by atoms with Crippen LogP contribution in [0.2, 0.25) is 0 Å². The second kappa shape index (κ2) is 3.99. The van der Waals surface area contributed by atoms with E-state index in [4.69, 9.17) is 11.3 Å².